The van der Waals surface area contributed by atoms with E-state index in [1.807, 2.05) is 121 Å². The van der Waals surface area contributed by atoms with Gasteiger partial charge >= 0.3 is 0 Å². The van der Waals surface area contributed by atoms with Crippen molar-refractivity contribution >= 4 is 79.6 Å². The number of benzene rings is 7. The molecule has 0 saturated carbocycles. The van der Waals surface area contributed by atoms with Crippen LogP contribution in [-0.2, 0) is 0 Å². The predicted molar refractivity (Wildman–Crippen MR) is 231 cm³/mol. The van der Waals surface area contributed by atoms with Crippen molar-refractivity contribution in [3.63, 3.8) is 0 Å². The second-order valence-corrected chi connectivity index (χ2v) is 16.1. The van der Waals surface area contributed by atoms with Gasteiger partial charge in [-0.25, -0.2) is 0 Å². The van der Waals surface area contributed by atoms with Crippen molar-refractivity contribution in [1.29, 1.82) is 0 Å². The minimum atomic E-state index is 0.137. The van der Waals surface area contributed by atoms with Gasteiger partial charge in [0.1, 0.15) is 40.2 Å². The van der Waals surface area contributed by atoms with E-state index < -0.39 is 0 Å². The molecule has 0 heterocycles. The van der Waals surface area contributed by atoms with E-state index in [4.69, 9.17) is 33.2 Å². The summed E-state index contributed by atoms with van der Waals surface area (Å²) in [5, 5.41) is 0. The standard InChI is InChI=1S/C43H27Br5O7/c1-49-31-22-24-37(25-23-31)55-43-41(53-35-18-8-29(47)9-19-35)39(51-33-14-4-27(45)5-15-33)38(50-32-12-2-26(44)3-13-32)40(52-34-16-6-28(46)7-17-34)42(43)54-36-20-10-30(48)11-21-36/h2-25H,1H3. The number of methoxy groups -OCH3 is 1. The molecule has 0 fully saturated rings. The van der Waals surface area contributed by atoms with E-state index in [0.717, 1.165) is 22.4 Å². The summed E-state index contributed by atoms with van der Waals surface area (Å²) in [4.78, 5) is 0. The van der Waals surface area contributed by atoms with Crippen molar-refractivity contribution < 1.29 is 33.2 Å². The van der Waals surface area contributed by atoms with Crippen molar-refractivity contribution in [2.75, 3.05) is 7.11 Å². The third-order valence-corrected chi connectivity index (χ3v) is 10.3. The summed E-state index contributed by atoms with van der Waals surface area (Å²) in [6, 6.07) is 44.1. The van der Waals surface area contributed by atoms with E-state index in [1.165, 1.54) is 0 Å². The van der Waals surface area contributed by atoms with E-state index in [-0.39, 0.29) is 34.5 Å². The normalized spacial score (nSPS) is 10.7. The van der Waals surface area contributed by atoms with Gasteiger partial charge in [0.25, 0.3) is 0 Å². The van der Waals surface area contributed by atoms with Gasteiger partial charge in [-0.3, -0.25) is 0 Å². The van der Waals surface area contributed by atoms with Gasteiger partial charge in [-0.05, 0) is 146 Å². The molecule has 7 nitrogen and oxygen atoms in total. The van der Waals surface area contributed by atoms with Gasteiger partial charge in [0.2, 0.25) is 34.5 Å². The van der Waals surface area contributed by atoms with Crippen LogP contribution in [0.4, 0.5) is 0 Å². The van der Waals surface area contributed by atoms with E-state index in [2.05, 4.69) is 79.6 Å². The Labute approximate surface area is 359 Å². The van der Waals surface area contributed by atoms with Crippen LogP contribution in [0.3, 0.4) is 0 Å². The van der Waals surface area contributed by atoms with Crippen LogP contribution in [0, 0.1) is 0 Å². The zero-order valence-corrected chi connectivity index (χ0v) is 36.5. The van der Waals surface area contributed by atoms with E-state index in [9.17, 15) is 0 Å². The Balaban J connectivity index is 1.57. The summed E-state index contributed by atoms with van der Waals surface area (Å²) in [5.41, 5.74) is 0. The van der Waals surface area contributed by atoms with Gasteiger partial charge in [-0.2, -0.15) is 0 Å². The van der Waals surface area contributed by atoms with E-state index in [0.29, 0.717) is 40.2 Å². The third-order valence-electron chi connectivity index (χ3n) is 7.68. The first-order valence-corrected chi connectivity index (χ1v) is 20.4. The largest absolute Gasteiger partial charge is 0.497 e. The Morgan fingerprint density at radius 1 is 0.236 bits per heavy atom. The van der Waals surface area contributed by atoms with Crippen molar-refractivity contribution in [3.8, 4) is 74.7 Å². The van der Waals surface area contributed by atoms with Crippen LogP contribution in [0.2, 0.25) is 0 Å². The molecule has 0 amide bonds. The van der Waals surface area contributed by atoms with Crippen molar-refractivity contribution in [1.82, 2.24) is 0 Å². The monoisotopic (exact) mass is 1050 g/mol. The Kier molecular flexibility index (Phi) is 12.7. The summed E-state index contributed by atoms with van der Waals surface area (Å²) < 4.78 is 50.5. The minimum absolute atomic E-state index is 0.137. The molecule has 7 aromatic carbocycles. The molecule has 276 valence electrons. The highest BCUT2D eigenvalue weighted by molar-refractivity contribution is 9.11. The fourth-order valence-corrected chi connectivity index (χ4v) is 6.36. The lowest BCUT2D eigenvalue weighted by molar-refractivity contribution is 0.326. The fourth-order valence-electron chi connectivity index (χ4n) is 5.04. The Hall–Kier alpha value is -4.46. The van der Waals surface area contributed by atoms with E-state index in [1.54, 1.807) is 31.4 Å². The van der Waals surface area contributed by atoms with Crippen LogP contribution >= 0.6 is 79.6 Å². The first-order valence-electron chi connectivity index (χ1n) is 16.4. The lowest BCUT2D eigenvalue weighted by Gasteiger charge is -2.25. The van der Waals surface area contributed by atoms with Crippen molar-refractivity contribution in [3.05, 3.63) is 168 Å². The number of hydrogen-bond acceptors (Lipinski definition) is 7. The molecular weight excluding hydrogens is 1030 g/mol. The highest BCUT2D eigenvalue weighted by Crippen LogP contribution is 2.63. The maximum Gasteiger partial charge on any atom is 0.220 e. The average molecular weight is 1060 g/mol. The third kappa shape index (κ3) is 10.1. The summed E-state index contributed by atoms with van der Waals surface area (Å²) >= 11 is 17.7. The van der Waals surface area contributed by atoms with Gasteiger partial charge in [0, 0.05) is 22.4 Å². The number of halogens is 5. The molecule has 0 aliphatic heterocycles. The maximum absolute atomic E-state index is 6.79. The highest BCUT2D eigenvalue weighted by atomic mass is 79.9. The van der Waals surface area contributed by atoms with Crippen molar-refractivity contribution in [2.45, 2.75) is 0 Å². The molecule has 0 spiro atoms. The molecule has 0 aromatic heterocycles. The van der Waals surface area contributed by atoms with Crippen LogP contribution in [-0.4, -0.2) is 7.11 Å². The van der Waals surface area contributed by atoms with Crippen LogP contribution in [0.15, 0.2) is 168 Å². The Morgan fingerprint density at radius 3 is 0.545 bits per heavy atom. The molecular formula is C43H27Br5O7. The van der Waals surface area contributed by atoms with Crippen LogP contribution in [0.5, 0.6) is 74.7 Å². The summed E-state index contributed by atoms with van der Waals surface area (Å²) in [5.74, 6) is 4.38. The lowest BCUT2D eigenvalue weighted by atomic mass is 10.2. The molecule has 55 heavy (non-hydrogen) atoms. The first-order chi connectivity index (χ1) is 26.7. The summed E-state index contributed by atoms with van der Waals surface area (Å²) in [6.45, 7) is 0. The van der Waals surface area contributed by atoms with Crippen LogP contribution in [0.25, 0.3) is 0 Å². The van der Waals surface area contributed by atoms with E-state index >= 15 is 0 Å². The molecule has 0 aliphatic rings. The van der Waals surface area contributed by atoms with Gasteiger partial charge in [0.15, 0.2) is 0 Å². The highest BCUT2D eigenvalue weighted by Gasteiger charge is 2.35. The minimum Gasteiger partial charge on any atom is -0.497 e. The molecule has 7 rings (SSSR count). The van der Waals surface area contributed by atoms with Gasteiger partial charge < -0.3 is 33.2 Å². The maximum atomic E-state index is 6.79. The predicted octanol–water partition coefficient (Wildman–Crippen LogP) is 16.3. The molecule has 12 heteroatoms. The molecule has 0 bridgehead atoms. The second-order valence-electron chi connectivity index (χ2n) is 11.5. The smallest absolute Gasteiger partial charge is 0.220 e. The summed E-state index contributed by atoms with van der Waals surface area (Å²) in [6.07, 6.45) is 0. The Morgan fingerprint density at radius 2 is 0.382 bits per heavy atom. The average Bonchev–Trinajstić information content (AvgIpc) is 3.20. The molecule has 0 unspecified atom stereocenters. The number of ether oxygens (including phenoxy) is 7. The van der Waals surface area contributed by atoms with Crippen molar-refractivity contribution in [2.24, 2.45) is 0 Å². The molecule has 0 saturated heterocycles. The first kappa shape index (κ1) is 38.8. The molecule has 0 atom stereocenters. The molecule has 0 N–H and O–H groups in total. The van der Waals surface area contributed by atoms with Crippen LogP contribution < -0.4 is 33.2 Å². The molecule has 0 aliphatic carbocycles. The zero-order valence-electron chi connectivity index (χ0n) is 28.6. The van der Waals surface area contributed by atoms with Gasteiger partial charge in [0.05, 0.1) is 7.11 Å². The lowest BCUT2D eigenvalue weighted by Crippen LogP contribution is -2.03. The number of rotatable bonds is 13. The topological polar surface area (TPSA) is 64.6 Å². The molecule has 7 aromatic rings. The number of hydrogen-bond donors (Lipinski definition) is 0. The summed E-state index contributed by atoms with van der Waals surface area (Å²) in [7, 11) is 1.60. The fraction of sp³-hybridized carbons (Fsp3) is 0.0233. The Bertz CT molecular complexity index is 2250. The van der Waals surface area contributed by atoms with Gasteiger partial charge in [-0.15, -0.1) is 0 Å². The quantitative estimate of drug-likeness (QED) is 0.114. The van der Waals surface area contributed by atoms with Crippen LogP contribution in [0.1, 0.15) is 0 Å². The second kappa shape index (κ2) is 18.0. The SMILES string of the molecule is COc1ccc(Oc2c(Oc3ccc(Br)cc3)c(Oc3ccc(Br)cc3)c(Oc3ccc(Br)cc3)c(Oc3ccc(Br)cc3)c2Oc2ccc(Br)cc2)cc1. The molecule has 0 radical (unpaired) electrons. The van der Waals surface area contributed by atoms with Gasteiger partial charge in [-0.1, -0.05) is 79.6 Å². The zero-order chi connectivity index (χ0) is 38.3.